The molecule has 0 saturated heterocycles. The van der Waals surface area contributed by atoms with E-state index in [-0.39, 0.29) is 35.2 Å². The van der Waals surface area contributed by atoms with Crippen LogP contribution >= 0.6 is 0 Å². The van der Waals surface area contributed by atoms with E-state index >= 15 is 0 Å². The van der Waals surface area contributed by atoms with Crippen LogP contribution in [0.4, 0.5) is 10.1 Å². The summed E-state index contributed by atoms with van der Waals surface area (Å²) in [5, 5.41) is 7.10. The van der Waals surface area contributed by atoms with Crippen LogP contribution in [0.25, 0.3) is 33.9 Å². The molecule has 0 radical (unpaired) electrons. The van der Waals surface area contributed by atoms with Crippen LogP contribution in [0.2, 0.25) is 0 Å². The van der Waals surface area contributed by atoms with Gasteiger partial charge in [0.15, 0.2) is 0 Å². The molecule has 0 bridgehead atoms. The molecule has 3 heterocycles. The summed E-state index contributed by atoms with van der Waals surface area (Å²) < 4.78 is 20.6. The first-order valence-electron chi connectivity index (χ1n) is 11.3. The van der Waals surface area contributed by atoms with Gasteiger partial charge in [0.2, 0.25) is 17.2 Å². The van der Waals surface area contributed by atoms with Crippen LogP contribution in [0.5, 0.6) is 0 Å². The fraction of sp³-hybridized carbons (Fsp3) is 0.148. The summed E-state index contributed by atoms with van der Waals surface area (Å²) in [4.78, 5) is 35.0. The van der Waals surface area contributed by atoms with Crippen LogP contribution in [-0.2, 0) is 11.3 Å². The van der Waals surface area contributed by atoms with Crippen molar-refractivity contribution < 1.29 is 13.7 Å². The van der Waals surface area contributed by atoms with E-state index in [4.69, 9.17) is 4.52 Å². The lowest BCUT2D eigenvalue weighted by molar-refractivity contribution is -0.116. The first kappa shape index (κ1) is 23.1. The Hall–Kier alpha value is -4.66. The van der Waals surface area contributed by atoms with Crippen LogP contribution in [0.15, 0.2) is 70.1 Å². The number of benzene rings is 2. The monoisotopic (exact) mass is 483 g/mol. The molecule has 0 spiro atoms. The Labute approximate surface area is 205 Å². The third kappa shape index (κ3) is 4.50. The highest BCUT2D eigenvalue weighted by Crippen LogP contribution is 2.23. The molecule has 5 rings (SSSR count). The molecule has 3 aromatic heterocycles. The number of halogens is 1. The van der Waals surface area contributed by atoms with E-state index in [9.17, 15) is 14.0 Å². The predicted octanol–water partition coefficient (Wildman–Crippen LogP) is 4.82. The molecule has 0 aliphatic carbocycles. The number of carbonyl (C=O) groups excluding carboxylic acids is 1. The van der Waals surface area contributed by atoms with E-state index in [2.05, 4.69) is 20.4 Å². The predicted molar refractivity (Wildman–Crippen MR) is 134 cm³/mol. The van der Waals surface area contributed by atoms with Gasteiger partial charge in [-0.1, -0.05) is 23.4 Å². The lowest BCUT2D eigenvalue weighted by Crippen LogP contribution is -2.22. The molecule has 1 amide bonds. The largest absolute Gasteiger partial charge is 0.333 e. The summed E-state index contributed by atoms with van der Waals surface area (Å²) in [5.74, 6) is -0.623. The van der Waals surface area contributed by atoms with Gasteiger partial charge in [0.05, 0.1) is 5.39 Å². The van der Waals surface area contributed by atoms with Gasteiger partial charge in [-0.3, -0.25) is 9.59 Å². The van der Waals surface area contributed by atoms with Gasteiger partial charge in [0.1, 0.15) is 23.6 Å². The van der Waals surface area contributed by atoms with E-state index in [0.717, 1.165) is 11.1 Å². The van der Waals surface area contributed by atoms with Gasteiger partial charge in [0, 0.05) is 23.1 Å². The Morgan fingerprint density at radius 3 is 2.64 bits per heavy atom. The van der Waals surface area contributed by atoms with Gasteiger partial charge in [-0.05, 0) is 68.3 Å². The molecule has 0 aliphatic heterocycles. The van der Waals surface area contributed by atoms with Crippen molar-refractivity contribution in [1.29, 1.82) is 0 Å². The molecule has 180 valence electrons. The van der Waals surface area contributed by atoms with E-state index in [1.165, 1.54) is 24.4 Å². The number of hydrogen-bond acceptors (Lipinski definition) is 6. The molecule has 36 heavy (non-hydrogen) atoms. The average Bonchev–Trinajstić information content (AvgIpc) is 3.33. The SMILES string of the molecule is Cc1ccc2c(=O)c(-c3nc(-c4cccc(F)c4)no3)cn(CC(=O)Nc3ccc(C)c(C)c3)c2n1. The second kappa shape index (κ2) is 9.18. The van der Waals surface area contributed by atoms with Gasteiger partial charge in [-0.25, -0.2) is 9.37 Å². The number of aryl methyl sites for hydroxylation is 3. The fourth-order valence-corrected chi connectivity index (χ4v) is 3.88. The second-order valence-corrected chi connectivity index (χ2v) is 8.60. The number of aromatic nitrogens is 4. The van der Waals surface area contributed by atoms with Gasteiger partial charge in [-0.15, -0.1) is 0 Å². The highest BCUT2D eigenvalue weighted by Gasteiger charge is 2.19. The first-order valence-corrected chi connectivity index (χ1v) is 11.3. The van der Waals surface area contributed by atoms with Crippen molar-refractivity contribution in [3.05, 3.63) is 93.7 Å². The van der Waals surface area contributed by atoms with Crippen LogP contribution in [0.3, 0.4) is 0 Å². The van der Waals surface area contributed by atoms with Crippen molar-refractivity contribution in [1.82, 2.24) is 19.7 Å². The molecule has 0 aliphatic rings. The van der Waals surface area contributed by atoms with Crippen LogP contribution in [0, 0.1) is 26.6 Å². The average molecular weight is 484 g/mol. The van der Waals surface area contributed by atoms with Gasteiger partial charge in [-0.2, -0.15) is 4.98 Å². The smallest absolute Gasteiger partial charge is 0.263 e. The number of pyridine rings is 2. The third-order valence-electron chi connectivity index (χ3n) is 5.90. The molecule has 9 heteroatoms. The van der Waals surface area contributed by atoms with E-state index in [1.54, 1.807) is 29.7 Å². The molecular weight excluding hydrogens is 461 g/mol. The Morgan fingerprint density at radius 1 is 1.03 bits per heavy atom. The summed E-state index contributed by atoms with van der Waals surface area (Å²) in [7, 11) is 0. The zero-order valence-electron chi connectivity index (χ0n) is 19.9. The maximum absolute atomic E-state index is 13.6. The minimum absolute atomic E-state index is 0.0370. The summed E-state index contributed by atoms with van der Waals surface area (Å²) >= 11 is 0. The van der Waals surface area contributed by atoms with Crippen molar-refractivity contribution >= 4 is 22.6 Å². The molecule has 1 N–H and O–H groups in total. The maximum atomic E-state index is 13.6. The number of nitrogens with zero attached hydrogens (tertiary/aromatic N) is 4. The standard InChI is InChI=1S/C27H22FN5O3/c1-15-7-9-20(11-16(15)2)30-23(34)14-33-13-22(24(35)21-10-8-17(3)29-26(21)33)27-31-25(32-36-27)18-5-4-6-19(28)12-18/h4-13H,14H2,1-3H3,(H,30,34). The molecule has 0 unspecified atom stereocenters. The van der Waals surface area contributed by atoms with Crippen molar-refractivity contribution in [2.75, 3.05) is 5.32 Å². The Bertz CT molecular complexity index is 1690. The lowest BCUT2D eigenvalue weighted by Gasteiger charge is -2.13. The number of amides is 1. The molecule has 0 fully saturated rings. The second-order valence-electron chi connectivity index (χ2n) is 8.60. The summed E-state index contributed by atoms with van der Waals surface area (Å²) in [6, 6.07) is 14.8. The summed E-state index contributed by atoms with van der Waals surface area (Å²) in [6.07, 6.45) is 1.49. The van der Waals surface area contributed by atoms with Gasteiger partial charge >= 0.3 is 0 Å². The molecule has 0 atom stereocenters. The van der Waals surface area contributed by atoms with Crippen molar-refractivity contribution in [2.24, 2.45) is 0 Å². The maximum Gasteiger partial charge on any atom is 0.263 e. The lowest BCUT2D eigenvalue weighted by atomic mass is 10.1. The summed E-state index contributed by atoms with van der Waals surface area (Å²) in [5.41, 5.74) is 4.09. The van der Waals surface area contributed by atoms with Gasteiger partial charge in [0.25, 0.3) is 5.89 Å². The van der Waals surface area contributed by atoms with Gasteiger partial charge < -0.3 is 14.4 Å². The van der Waals surface area contributed by atoms with Crippen LogP contribution in [-0.4, -0.2) is 25.6 Å². The van der Waals surface area contributed by atoms with Crippen molar-refractivity contribution in [3.63, 3.8) is 0 Å². The zero-order valence-corrected chi connectivity index (χ0v) is 19.9. The Kier molecular flexibility index (Phi) is 5.89. The molecular formula is C27H22FN5O3. The topological polar surface area (TPSA) is 103 Å². The first-order chi connectivity index (χ1) is 17.3. The van der Waals surface area contributed by atoms with E-state index < -0.39 is 5.82 Å². The number of fused-ring (bicyclic) bond motifs is 1. The van der Waals surface area contributed by atoms with Crippen molar-refractivity contribution in [3.8, 4) is 22.8 Å². The Balaban J connectivity index is 1.54. The third-order valence-corrected chi connectivity index (χ3v) is 5.90. The minimum atomic E-state index is -0.442. The number of carbonyl (C=O) groups is 1. The fourth-order valence-electron chi connectivity index (χ4n) is 3.88. The minimum Gasteiger partial charge on any atom is -0.333 e. The molecule has 5 aromatic rings. The number of hydrogen-bond donors (Lipinski definition) is 1. The number of anilines is 1. The quantitative estimate of drug-likeness (QED) is 0.385. The highest BCUT2D eigenvalue weighted by atomic mass is 19.1. The van der Waals surface area contributed by atoms with Crippen LogP contribution in [0.1, 0.15) is 16.8 Å². The molecule has 2 aromatic carbocycles. The normalized spacial score (nSPS) is 11.1. The highest BCUT2D eigenvalue weighted by molar-refractivity contribution is 5.92. The number of rotatable bonds is 5. The van der Waals surface area contributed by atoms with Crippen LogP contribution < -0.4 is 10.7 Å². The Morgan fingerprint density at radius 2 is 1.86 bits per heavy atom. The zero-order chi connectivity index (χ0) is 25.4. The van der Waals surface area contributed by atoms with E-state index in [0.29, 0.717) is 28.0 Å². The van der Waals surface area contributed by atoms with E-state index in [1.807, 2.05) is 32.0 Å². The molecule has 0 saturated carbocycles. The summed E-state index contributed by atoms with van der Waals surface area (Å²) in [6.45, 7) is 5.68. The number of nitrogens with one attached hydrogen (secondary N) is 1. The molecule has 8 nitrogen and oxygen atoms in total. The van der Waals surface area contributed by atoms with Crippen molar-refractivity contribution in [2.45, 2.75) is 27.3 Å².